The van der Waals surface area contributed by atoms with E-state index in [1.807, 2.05) is 33.8 Å². The molecule has 41 heavy (non-hydrogen) atoms. The van der Waals surface area contributed by atoms with Crippen molar-refractivity contribution in [3.05, 3.63) is 93.5 Å². The number of nitrogens with zero attached hydrogens (tertiary/aromatic N) is 2. The Hall–Kier alpha value is -3.07. The van der Waals surface area contributed by atoms with Gasteiger partial charge in [0.2, 0.25) is 11.8 Å². The highest BCUT2D eigenvalue weighted by Crippen LogP contribution is 2.29. The van der Waals surface area contributed by atoms with Crippen molar-refractivity contribution in [2.24, 2.45) is 5.92 Å². The predicted octanol–water partition coefficient (Wildman–Crippen LogP) is 6.39. The summed E-state index contributed by atoms with van der Waals surface area (Å²) in [7, 11) is -4.14. The van der Waals surface area contributed by atoms with Crippen LogP contribution in [-0.4, -0.2) is 44.3 Å². The van der Waals surface area contributed by atoms with Crippen molar-refractivity contribution >= 4 is 50.7 Å². The molecule has 3 aromatic carbocycles. The Bertz CT molecular complexity index is 1460. The number of halogens is 2. The van der Waals surface area contributed by atoms with Crippen LogP contribution in [0.2, 0.25) is 10.0 Å². The minimum absolute atomic E-state index is 0.0495. The van der Waals surface area contributed by atoms with Gasteiger partial charge in [-0.15, -0.1) is 0 Å². The Kier molecular flexibility index (Phi) is 11.2. The number of anilines is 1. The van der Waals surface area contributed by atoms with Crippen LogP contribution < -0.4 is 9.62 Å². The second kappa shape index (κ2) is 14.2. The summed E-state index contributed by atoms with van der Waals surface area (Å²) >= 11 is 12.9. The van der Waals surface area contributed by atoms with E-state index in [4.69, 9.17) is 23.2 Å². The van der Waals surface area contributed by atoms with E-state index in [1.165, 1.54) is 17.0 Å². The smallest absolute Gasteiger partial charge is 0.264 e. The summed E-state index contributed by atoms with van der Waals surface area (Å²) in [6.45, 7) is 9.39. The number of aryl methyl sites for hydroxylation is 2. The fourth-order valence-electron chi connectivity index (χ4n) is 4.32. The fraction of sp³-hybridized carbons (Fsp3) is 0.355. The second-order valence-electron chi connectivity index (χ2n) is 10.4. The largest absolute Gasteiger partial charge is 0.354 e. The lowest BCUT2D eigenvalue weighted by Crippen LogP contribution is -2.52. The van der Waals surface area contributed by atoms with Crippen molar-refractivity contribution in [1.29, 1.82) is 0 Å². The third-order valence-electron chi connectivity index (χ3n) is 6.85. The molecule has 0 aliphatic rings. The van der Waals surface area contributed by atoms with Gasteiger partial charge < -0.3 is 10.2 Å². The van der Waals surface area contributed by atoms with Crippen LogP contribution in [0.15, 0.2) is 71.6 Å². The van der Waals surface area contributed by atoms with Gasteiger partial charge in [0.05, 0.1) is 10.6 Å². The van der Waals surface area contributed by atoms with Crippen LogP contribution in [0.5, 0.6) is 0 Å². The molecule has 0 spiro atoms. The van der Waals surface area contributed by atoms with E-state index in [2.05, 4.69) is 5.32 Å². The summed E-state index contributed by atoms with van der Waals surface area (Å²) < 4.78 is 29.0. The normalized spacial score (nSPS) is 12.2. The number of hydrogen-bond donors (Lipinski definition) is 1. The Morgan fingerprint density at radius 3 is 2.10 bits per heavy atom. The summed E-state index contributed by atoms with van der Waals surface area (Å²) in [5.74, 6) is -0.693. The lowest BCUT2D eigenvalue weighted by atomic mass is 10.1. The first-order valence-electron chi connectivity index (χ1n) is 13.5. The van der Waals surface area contributed by atoms with Gasteiger partial charge in [0.15, 0.2) is 0 Å². The zero-order chi connectivity index (χ0) is 30.3. The Labute approximate surface area is 253 Å². The van der Waals surface area contributed by atoms with Gasteiger partial charge in [-0.3, -0.25) is 13.9 Å². The maximum atomic E-state index is 14.2. The van der Waals surface area contributed by atoms with Gasteiger partial charge in [-0.2, -0.15) is 0 Å². The summed E-state index contributed by atoms with van der Waals surface area (Å²) in [4.78, 5) is 28.9. The molecule has 0 aromatic heterocycles. The SMILES string of the molecule is CC[C@H](C(=O)NCC(C)C)N(Cc1c(Cl)cccc1Cl)C(=O)CN(c1ccc(C)c(C)c1)S(=O)(=O)c1ccccc1. The van der Waals surface area contributed by atoms with Crippen LogP contribution in [0.4, 0.5) is 5.69 Å². The molecule has 1 atom stereocenters. The highest BCUT2D eigenvalue weighted by atomic mass is 35.5. The molecule has 0 fully saturated rings. The number of benzene rings is 3. The molecule has 0 aliphatic carbocycles. The maximum Gasteiger partial charge on any atom is 0.264 e. The van der Waals surface area contributed by atoms with Crippen molar-refractivity contribution in [2.45, 2.75) is 58.5 Å². The molecular weight excluding hydrogens is 581 g/mol. The van der Waals surface area contributed by atoms with Gasteiger partial charge in [-0.05, 0) is 73.7 Å². The third-order valence-corrected chi connectivity index (χ3v) is 9.35. The van der Waals surface area contributed by atoms with Crippen LogP contribution in [0.25, 0.3) is 0 Å². The molecule has 0 radical (unpaired) electrons. The molecular formula is C31H37Cl2N3O4S. The van der Waals surface area contributed by atoms with E-state index in [0.29, 0.717) is 34.3 Å². The summed E-state index contributed by atoms with van der Waals surface area (Å²) in [5.41, 5.74) is 2.68. The average molecular weight is 619 g/mol. The minimum Gasteiger partial charge on any atom is -0.354 e. The van der Waals surface area contributed by atoms with Crippen molar-refractivity contribution in [3.63, 3.8) is 0 Å². The molecule has 3 aromatic rings. The van der Waals surface area contributed by atoms with E-state index < -0.39 is 28.5 Å². The topological polar surface area (TPSA) is 86.8 Å². The Morgan fingerprint density at radius 2 is 1.54 bits per heavy atom. The maximum absolute atomic E-state index is 14.2. The van der Waals surface area contributed by atoms with Crippen molar-refractivity contribution in [2.75, 3.05) is 17.4 Å². The van der Waals surface area contributed by atoms with Gasteiger partial charge in [0.1, 0.15) is 12.6 Å². The summed E-state index contributed by atoms with van der Waals surface area (Å²) in [5, 5.41) is 3.59. The van der Waals surface area contributed by atoms with E-state index >= 15 is 0 Å². The van der Waals surface area contributed by atoms with Crippen molar-refractivity contribution in [3.8, 4) is 0 Å². The standard InChI is InChI=1S/C31H37Cl2N3O4S/c1-6-29(31(38)34-18-21(2)3)35(19-26-27(32)13-10-14-28(26)33)30(37)20-36(24-16-15-22(4)23(5)17-24)41(39,40)25-11-8-7-9-12-25/h7-17,21,29H,6,18-20H2,1-5H3,(H,34,38)/t29-/m1/s1. The van der Waals surface area contributed by atoms with Crippen LogP contribution in [-0.2, 0) is 26.2 Å². The van der Waals surface area contributed by atoms with Gasteiger partial charge in [0, 0.05) is 28.7 Å². The van der Waals surface area contributed by atoms with Gasteiger partial charge in [-0.25, -0.2) is 8.42 Å². The molecule has 0 unspecified atom stereocenters. The molecule has 10 heteroatoms. The monoisotopic (exact) mass is 617 g/mol. The minimum atomic E-state index is -4.14. The van der Waals surface area contributed by atoms with Crippen LogP contribution in [0.1, 0.15) is 43.9 Å². The van der Waals surface area contributed by atoms with Gasteiger partial charge >= 0.3 is 0 Å². The highest BCUT2D eigenvalue weighted by Gasteiger charge is 2.34. The molecule has 2 amide bonds. The summed E-state index contributed by atoms with van der Waals surface area (Å²) in [6.07, 6.45) is 0.298. The Balaban J connectivity index is 2.10. The first-order chi connectivity index (χ1) is 19.4. The van der Waals surface area contributed by atoms with Crippen LogP contribution in [0, 0.1) is 19.8 Å². The van der Waals surface area contributed by atoms with Crippen LogP contribution >= 0.6 is 23.2 Å². The van der Waals surface area contributed by atoms with E-state index in [9.17, 15) is 18.0 Å². The van der Waals surface area contributed by atoms with Crippen LogP contribution in [0.3, 0.4) is 0 Å². The third kappa shape index (κ3) is 8.03. The number of amides is 2. The van der Waals surface area contributed by atoms with E-state index in [0.717, 1.165) is 15.4 Å². The first-order valence-corrected chi connectivity index (χ1v) is 15.7. The molecule has 0 heterocycles. The van der Waals surface area contributed by atoms with E-state index in [1.54, 1.807) is 55.5 Å². The molecule has 0 bridgehead atoms. The lowest BCUT2D eigenvalue weighted by Gasteiger charge is -2.33. The molecule has 1 N–H and O–H groups in total. The zero-order valence-electron chi connectivity index (χ0n) is 24.0. The number of carbonyl (C=O) groups is 2. The average Bonchev–Trinajstić information content (AvgIpc) is 2.93. The van der Waals surface area contributed by atoms with Crippen molar-refractivity contribution < 1.29 is 18.0 Å². The van der Waals surface area contributed by atoms with Gasteiger partial charge in [0.25, 0.3) is 10.0 Å². The quantitative estimate of drug-likeness (QED) is 0.255. The fourth-order valence-corrected chi connectivity index (χ4v) is 6.27. The Morgan fingerprint density at radius 1 is 0.902 bits per heavy atom. The van der Waals surface area contributed by atoms with Gasteiger partial charge in [-0.1, -0.05) is 74.3 Å². The molecule has 0 saturated carbocycles. The lowest BCUT2D eigenvalue weighted by molar-refractivity contribution is -0.140. The molecule has 220 valence electrons. The highest BCUT2D eigenvalue weighted by molar-refractivity contribution is 7.92. The number of carbonyl (C=O) groups excluding carboxylic acids is 2. The molecule has 7 nitrogen and oxygen atoms in total. The number of sulfonamides is 1. The molecule has 0 saturated heterocycles. The predicted molar refractivity (Wildman–Crippen MR) is 166 cm³/mol. The first kappa shape index (κ1) is 32.4. The molecule has 0 aliphatic heterocycles. The number of rotatable bonds is 12. The summed E-state index contributed by atoms with van der Waals surface area (Å²) in [6, 6.07) is 17.3. The number of hydrogen-bond acceptors (Lipinski definition) is 4. The number of nitrogens with one attached hydrogen (secondary N) is 1. The van der Waals surface area contributed by atoms with Crippen molar-refractivity contribution in [1.82, 2.24) is 10.2 Å². The molecule has 3 rings (SSSR count). The van der Waals surface area contributed by atoms with E-state index in [-0.39, 0.29) is 23.3 Å². The second-order valence-corrected chi connectivity index (χ2v) is 13.1. The zero-order valence-corrected chi connectivity index (χ0v) is 26.4.